The number of halogens is 1. The van der Waals surface area contributed by atoms with Crippen molar-refractivity contribution in [2.45, 2.75) is 46.6 Å². The molecule has 0 aliphatic rings. The Labute approximate surface area is 142 Å². The number of aliphatic hydroxyl groups is 1. The van der Waals surface area contributed by atoms with E-state index < -0.39 is 5.41 Å². The van der Waals surface area contributed by atoms with Crippen molar-refractivity contribution in [2.24, 2.45) is 5.41 Å². The molecule has 0 saturated carbocycles. The molecule has 1 rings (SSSR count). The van der Waals surface area contributed by atoms with Crippen LogP contribution in [0.25, 0.3) is 0 Å². The number of benzene rings is 1. The quantitative estimate of drug-likeness (QED) is 0.679. The van der Waals surface area contributed by atoms with Crippen LogP contribution < -0.4 is 10.6 Å². The van der Waals surface area contributed by atoms with Crippen LogP contribution >= 0.6 is 0 Å². The molecule has 1 aromatic carbocycles. The minimum atomic E-state index is -0.471. The van der Waals surface area contributed by atoms with Crippen LogP contribution in [0.2, 0.25) is 0 Å². The fraction of sp³-hybridized carbons (Fsp3) is 0.556. The molecule has 5 nitrogen and oxygen atoms in total. The fourth-order valence-corrected chi connectivity index (χ4v) is 2.17. The van der Waals surface area contributed by atoms with E-state index >= 15 is 0 Å². The average Bonchev–Trinajstić information content (AvgIpc) is 2.53. The summed E-state index contributed by atoms with van der Waals surface area (Å²) < 4.78 is 13.5. The first kappa shape index (κ1) is 20.1. The van der Waals surface area contributed by atoms with Gasteiger partial charge in [-0.2, -0.15) is 0 Å². The maximum Gasteiger partial charge on any atom is 0.251 e. The summed E-state index contributed by atoms with van der Waals surface area (Å²) in [4.78, 5) is 24.0. The van der Waals surface area contributed by atoms with Crippen molar-refractivity contribution in [3.8, 4) is 0 Å². The number of carbonyl (C=O) groups is 2. The highest BCUT2D eigenvalue weighted by atomic mass is 19.1. The highest BCUT2D eigenvalue weighted by Crippen LogP contribution is 2.18. The molecule has 24 heavy (non-hydrogen) atoms. The molecule has 1 aromatic rings. The topological polar surface area (TPSA) is 78.4 Å². The molecular formula is C18H27FN2O3. The molecule has 2 amide bonds. The number of nitrogens with one attached hydrogen (secondary N) is 2. The van der Waals surface area contributed by atoms with Gasteiger partial charge in [0.1, 0.15) is 5.82 Å². The summed E-state index contributed by atoms with van der Waals surface area (Å²) in [6.07, 6.45) is 0.723. The van der Waals surface area contributed by atoms with Crippen LogP contribution in [0.4, 0.5) is 4.39 Å². The SMILES string of the molecule is CCc1cc(C(=O)N[C@@H](C)CNC(=O)CC(C)(C)CO)ccc1F. The minimum Gasteiger partial charge on any atom is -0.396 e. The van der Waals surface area contributed by atoms with Crippen LogP contribution in [0.1, 0.15) is 50.0 Å². The van der Waals surface area contributed by atoms with E-state index in [0.29, 0.717) is 17.5 Å². The molecule has 0 fully saturated rings. The van der Waals surface area contributed by atoms with Gasteiger partial charge in [0, 0.05) is 31.2 Å². The van der Waals surface area contributed by atoms with Crippen molar-refractivity contribution < 1.29 is 19.1 Å². The number of aryl methyl sites for hydroxylation is 1. The van der Waals surface area contributed by atoms with Gasteiger partial charge in [0.25, 0.3) is 5.91 Å². The first-order valence-corrected chi connectivity index (χ1v) is 8.15. The zero-order valence-electron chi connectivity index (χ0n) is 14.8. The zero-order valence-corrected chi connectivity index (χ0v) is 14.8. The standard InChI is InChI=1S/C18H27FN2O3/c1-5-13-8-14(6-7-15(13)19)17(24)21-12(2)10-20-16(23)9-18(3,4)11-22/h6-8,12,22H,5,9-11H2,1-4H3,(H,20,23)(H,21,24)/t12-/m0/s1. The molecule has 134 valence electrons. The number of rotatable bonds is 8. The van der Waals surface area contributed by atoms with Crippen molar-refractivity contribution >= 4 is 11.8 Å². The molecule has 0 spiro atoms. The van der Waals surface area contributed by atoms with Gasteiger partial charge in [-0.05, 0) is 42.5 Å². The molecule has 0 aliphatic carbocycles. The number of amides is 2. The summed E-state index contributed by atoms with van der Waals surface area (Å²) >= 11 is 0. The van der Waals surface area contributed by atoms with Crippen molar-refractivity contribution in [3.05, 3.63) is 35.1 Å². The molecule has 1 atom stereocenters. The Balaban J connectivity index is 2.51. The van der Waals surface area contributed by atoms with E-state index in [-0.39, 0.29) is 43.2 Å². The summed E-state index contributed by atoms with van der Waals surface area (Å²) in [5, 5.41) is 14.7. The molecule has 6 heteroatoms. The van der Waals surface area contributed by atoms with Gasteiger partial charge in [-0.3, -0.25) is 9.59 Å². The van der Waals surface area contributed by atoms with E-state index in [0.717, 1.165) is 0 Å². The third kappa shape index (κ3) is 6.28. The molecular weight excluding hydrogens is 311 g/mol. The van der Waals surface area contributed by atoms with E-state index in [4.69, 9.17) is 5.11 Å². The van der Waals surface area contributed by atoms with Crippen LogP contribution in [-0.2, 0) is 11.2 Å². The molecule has 0 bridgehead atoms. The number of hydrogen-bond donors (Lipinski definition) is 3. The second-order valence-corrected chi connectivity index (χ2v) is 6.84. The molecule has 0 heterocycles. The fourth-order valence-electron chi connectivity index (χ4n) is 2.17. The Bertz CT molecular complexity index is 588. The Morgan fingerprint density at radius 3 is 2.58 bits per heavy atom. The Morgan fingerprint density at radius 1 is 1.33 bits per heavy atom. The van der Waals surface area contributed by atoms with Crippen molar-refractivity contribution in [1.82, 2.24) is 10.6 Å². The second kappa shape index (κ2) is 8.78. The Kier molecular flexibility index (Phi) is 7.35. The van der Waals surface area contributed by atoms with Gasteiger partial charge in [0.15, 0.2) is 0 Å². The molecule has 0 unspecified atom stereocenters. The highest BCUT2D eigenvalue weighted by molar-refractivity contribution is 5.94. The minimum absolute atomic E-state index is 0.0724. The van der Waals surface area contributed by atoms with Gasteiger partial charge >= 0.3 is 0 Å². The maximum atomic E-state index is 13.5. The molecule has 0 aromatic heterocycles. The van der Waals surface area contributed by atoms with Gasteiger partial charge < -0.3 is 15.7 Å². The van der Waals surface area contributed by atoms with Crippen molar-refractivity contribution in [2.75, 3.05) is 13.2 Å². The number of hydrogen-bond acceptors (Lipinski definition) is 3. The predicted octanol–water partition coefficient (Wildman–Crippen LogP) is 2.03. The Morgan fingerprint density at radius 2 is 2.00 bits per heavy atom. The summed E-state index contributed by atoms with van der Waals surface area (Å²) in [5.41, 5.74) is 0.420. The molecule has 0 saturated heterocycles. The van der Waals surface area contributed by atoms with E-state index in [9.17, 15) is 14.0 Å². The van der Waals surface area contributed by atoms with Gasteiger partial charge in [-0.25, -0.2) is 4.39 Å². The highest BCUT2D eigenvalue weighted by Gasteiger charge is 2.21. The smallest absolute Gasteiger partial charge is 0.251 e. The van der Waals surface area contributed by atoms with Crippen LogP contribution in [0.5, 0.6) is 0 Å². The zero-order chi connectivity index (χ0) is 18.3. The normalized spacial score (nSPS) is 12.6. The van der Waals surface area contributed by atoms with Crippen molar-refractivity contribution in [1.29, 1.82) is 0 Å². The lowest BCUT2D eigenvalue weighted by Gasteiger charge is -2.21. The van der Waals surface area contributed by atoms with E-state index in [2.05, 4.69) is 10.6 Å². The first-order chi connectivity index (χ1) is 11.2. The third-order valence-electron chi connectivity index (χ3n) is 3.74. The van der Waals surface area contributed by atoms with Crippen LogP contribution in [-0.4, -0.2) is 36.1 Å². The predicted molar refractivity (Wildman–Crippen MR) is 91.2 cm³/mol. The largest absolute Gasteiger partial charge is 0.396 e. The lowest BCUT2D eigenvalue weighted by molar-refractivity contribution is -0.123. The van der Waals surface area contributed by atoms with E-state index in [1.165, 1.54) is 12.1 Å². The summed E-state index contributed by atoms with van der Waals surface area (Å²) in [6, 6.07) is 4.00. The van der Waals surface area contributed by atoms with Gasteiger partial charge in [-0.1, -0.05) is 20.8 Å². The van der Waals surface area contributed by atoms with Gasteiger partial charge in [-0.15, -0.1) is 0 Å². The summed E-state index contributed by atoms with van der Waals surface area (Å²) in [5.74, 6) is -0.798. The second-order valence-electron chi connectivity index (χ2n) is 6.84. The van der Waals surface area contributed by atoms with Gasteiger partial charge in [0.05, 0.1) is 0 Å². The number of aliphatic hydroxyl groups excluding tert-OH is 1. The first-order valence-electron chi connectivity index (χ1n) is 8.15. The lowest BCUT2D eigenvalue weighted by atomic mass is 9.90. The third-order valence-corrected chi connectivity index (χ3v) is 3.74. The monoisotopic (exact) mass is 338 g/mol. The van der Waals surface area contributed by atoms with E-state index in [1.807, 2.05) is 6.92 Å². The molecule has 0 aliphatic heterocycles. The van der Waals surface area contributed by atoms with Gasteiger partial charge in [0.2, 0.25) is 5.91 Å². The van der Waals surface area contributed by atoms with Crippen LogP contribution in [0.3, 0.4) is 0 Å². The van der Waals surface area contributed by atoms with E-state index in [1.54, 1.807) is 26.8 Å². The summed E-state index contributed by atoms with van der Waals surface area (Å²) in [7, 11) is 0. The number of carbonyl (C=O) groups excluding carboxylic acids is 2. The van der Waals surface area contributed by atoms with Crippen LogP contribution in [0, 0.1) is 11.2 Å². The lowest BCUT2D eigenvalue weighted by Crippen LogP contribution is -2.42. The molecule has 0 radical (unpaired) electrons. The Hall–Kier alpha value is -1.95. The average molecular weight is 338 g/mol. The summed E-state index contributed by atoms with van der Waals surface area (Å²) in [6.45, 7) is 7.42. The maximum absolute atomic E-state index is 13.5. The molecule has 3 N–H and O–H groups in total. The van der Waals surface area contributed by atoms with Crippen molar-refractivity contribution in [3.63, 3.8) is 0 Å². The van der Waals surface area contributed by atoms with Crippen LogP contribution in [0.15, 0.2) is 18.2 Å².